The van der Waals surface area contributed by atoms with Crippen molar-refractivity contribution in [3.63, 3.8) is 0 Å². The molecule has 0 amide bonds. The number of aliphatic hydroxyl groups is 1. The molecule has 25 heavy (non-hydrogen) atoms. The van der Waals surface area contributed by atoms with Crippen LogP contribution in [0.3, 0.4) is 0 Å². The van der Waals surface area contributed by atoms with E-state index in [2.05, 4.69) is 5.32 Å². The van der Waals surface area contributed by atoms with Crippen LogP contribution in [0.4, 0.5) is 32.0 Å². The van der Waals surface area contributed by atoms with Gasteiger partial charge in [-0.05, 0) is 81.6 Å². The van der Waals surface area contributed by atoms with Gasteiger partial charge in [-0.25, -0.2) is 0 Å². The third-order valence-electron chi connectivity index (χ3n) is 3.21. The minimum Gasteiger partial charge on any atom is -0.369 e. The number of benzene rings is 2. The molecule has 1 atom stereocenters. The van der Waals surface area contributed by atoms with Gasteiger partial charge < -0.3 is 10.4 Å². The molecule has 0 aliphatic heterocycles. The number of hydrogen-bond donors (Lipinski definition) is 2. The fourth-order valence-electron chi connectivity index (χ4n) is 1.96. The number of alkyl halides is 6. The second kappa shape index (κ2) is 7.47. The fourth-order valence-corrected chi connectivity index (χ4v) is 3.26. The quantitative estimate of drug-likeness (QED) is 0.261. The first-order valence-corrected chi connectivity index (χ1v) is 8.73. The summed E-state index contributed by atoms with van der Waals surface area (Å²) in [4.78, 5) is 0. The molecule has 0 saturated heterocycles. The highest BCUT2D eigenvalue weighted by atomic mass is 127. The van der Waals surface area contributed by atoms with Crippen molar-refractivity contribution in [3.8, 4) is 0 Å². The van der Waals surface area contributed by atoms with E-state index in [1.165, 1.54) is 6.07 Å². The maximum Gasteiger partial charge on any atom is 0.416 e. The van der Waals surface area contributed by atoms with E-state index in [1.807, 2.05) is 0 Å². The maximum absolute atomic E-state index is 12.8. The van der Waals surface area contributed by atoms with E-state index in [9.17, 15) is 31.4 Å². The third-order valence-corrected chi connectivity index (χ3v) is 5.08. The van der Waals surface area contributed by atoms with Crippen LogP contribution in [0.2, 0.25) is 0 Å². The van der Waals surface area contributed by atoms with Crippen molar-refractivity contribution in [1.82, 2.24) is 0 Å². The summed E-state index contributed by atoms with van der Waals surface area (Å²) in [5.41, 5.74) is -1.63. The number of hydrogen-bond acceptors (Lipinski definition) is 2. The highest BCUT2D eigenvalue weighted by Gasteiger charge is 2.32. The van der Waals surface area contributed by atoms with Gasteiger partial charge in [0.15, 0.2) is 6.23 Å². The number of anilines is 1. The maximum atomic E-state index is 12.8. The van der Waals surface area contributed by atoms with E-state index >= 15 is 0 Å². The Bertz CT molecular complexity index is 776. The van der Waals surface area contributed by atoms with Gasteiger partial charge in [0, 0.05) is 18.4 Å². The van der Waals surface area contributed by atoms with Gasteiger partial charge >= 0.3 is 12.4 Å². The summed E-state index contributed by atoms with van der Waals surface area (Å²) < 4.78 is 76.9. The van der Waals surface area contributed by atoms with Crippen molar-refractivity contribution in [2.24, 2.45) is 0 Å². The molecule has 2 aromatic rings. The van der Waals surface area contributed by atoms with Crippen molar-refractivity contribution in [3.05, 3.63) is 60.2 Å². The molecule has 136 valence electrons. The van der Waals surface area contributed by atoms with Gasteiger partial charge in [-0.2, -0.15) is 26.3 Å². The Labute approximate surface area is 165 Å². The summed E-state index contributed by atoms with van der Waals surface area (Å²) in [5, 5.41) is 12.7. The van der Waals surface area contributed by atoms with Gasteiger partial charge in [0.2, 0.25) is 0 Å². The van der Waals surface area contributed by atoms with E-state index in [0.717, 1.165) is 30.3 Å². The predicted molar refractivity (Wildman–Crippen MR) is 96.9 cm³/mol. The van der Waals surface area contributed by atoms with E-state index in [4.69, 9.17) is 0 Å². The van der Waals surface area contributed by atoms with Crippen LogP contribution in [0.15, 0.2) is 36.4 Å². The smallest absolute Gasteiger partial charge is 0.369 e. The topological polar surface area (TPSA) is 32.3 Å². The average molecular weight is 587 g/mol. The van der Waals surface area contributed by atoms with Crippen LogP contribution in [0.5, 0.6) is 0 Å². The molecule has 0 aromatic heterocycles. The predicted octanol–water partition coefficient (Wildman–Crippen LogP) is 6.04. The number of halogens is 8. The Balaban J connectivity index is 2.30. The van der Waals surface area contributed by atoms with E-state index in [1.54, 1.807) is 45.2 Å². The normalized spacial score (nSPS) is 13.6. The highest BCUT2D eigenvalue weighted by molar-refractivity contribution is 14.1. The molecule has 0 bridgehead atoms. The van der Waals surface area contributed by atoms with Gasteiger partial charge in [-0.15, -0.1) is 0 Å². The first kappa shape index (κ1) is 20.6. The lowest BCUT2D eigenvalue weighted by Gasteiger charge is -2.19. The molecule has 0 heterocycles. The molecule has 0 aliphatic carbocycles. The minimum atomic E-state index is -4.57. The zero-order valence-electron chi connectivity index (χ0n) is 12.0. The summed E-state index contributed by atoms with van der Waals surface area (Å²) in [5.74, 6) is 0. The minimum absolute atomic E-state index is 0.0221. The van der Waals surface area contributed by atoms with Crippen LogP contribution in [0.25, 0.3) is 0 Å². The highest BCUT2D eigenvalue weighted by Crippen LogP contribution is 2.35. The SMILES string of the molecule is OC(Nc1ccc(C(F)(F)F)cc1I)c1cc(C(F)(F)F)ccc1I. The zero-order chi connectivity index (χ0) is 19.0. The molecule has 2 nitrogen and oxygen atoms in total. The number of nitrogens with one attached hydrogen (secondary N) is 1. The van der Waals surface area contributed by atoms with Crippen molar-refractivity contribution in [2.45, 2.75) is 18.6 Å². The molecule has 0 radical (unpaired) electrons. The summed E-state index contributed by atoms with van der Waals surface area (Å²) in [6.07, 6.45) is -10.6. The summed E-state index contributed by atoms with van der Waals surface area (Å²) in [6, 6.07) is 5.73. The van der Waals surface area contributed by atoms with E-state index in [0.29, 0.717) is 3.57 Å². The lowest BCUT2D eigenvalue weighted by atomic mass is 10.1. The molecule has 10 heteroatoms. The largest absolute Gasteiger partial charge is 0.416 e. The molecule has 0 spiro atoms. The van der Waals surface area contributed by atoms with Gasteiger partial charge in [0.05, 0.1) is 11.1 Å². The van der Waals surface area contributed by atoms with E-state index in [-0.39, 0.29) is 14.8 Å². The van der Waals surface area contributed by atoms with Crippen LogP contribution in [-0.2, 0) is 12.4 Å². The molecule has 2 N–H and O–H groups in total. The molecule has 2 aromatic carbocycles. The summed E-state index contributed by atoms with van der Waals surface area (Å²) in [7, 11) is 0. The van der Waals surface area contributed by atoms with Crippen LogP contribution < -0.4 is 5.32 Å². The van der Waals surface area contributed by atoms with Crippen LogP contribution in [-0.4, -0.2) is 5.11 Å². The van der Waals surface area contributed by atoms with Gasteiger partial charge in [-0.3, -0.25) is 0 Å². The molecular formula is C15H9F6I2NO. The Morgan fingerprint density at radius 3 is 1.84 bits per heavy atom. The Morgan fingerprint density at radius 2 is 1.32 bits per heavy atom. The van der Waals surface area contributed by atoms with Crippen molar-refractivity contribution >= 4 is 50.9 Å². The Hall–Kier alpha value is -0.760. The van der Waals surface area contributed by atoms with Gasteiger partial charge in [0.1, 0.15) is 0 Å². The monoisotopic (exact) mass is 587 g/mol. The Morgan fingerprint density at radius 1 is 0.800 bits per heavy atom. The van der Waals surface area contributed by atoms with Crippen molar-refractivity contribution in [2.75, 3.05) is 5.32 Å². The third kappa shape index (κ3) is 5.12. The lowest BCUT2D eigenvalue weighted by molar-refractivity contribution is -0.138. The zero-order valence-corrected chi connectivity index (χ0v) is 16.3. The Kier molecular flexibility index (Phi) is 6.14. The number of aliphatic hydroxyl groups excluding tert-OH is 1. The van der Waals surface area contributed by atoms with Crippen molar-refractivity contribution in [1.29, 1.82) is 0 Å². The molecule has 0 fully saturated rings. The summed E-state index contributed by atoms with van der Waals surface area (Å²) >= 11 is 3.42. The van der Waals surface area contributed by atoms with Gasteiger partial charge in [-0.1, -0.05) is 0 Å². The number of rotatable bonds is 3. The molecular weight excluding hydrogens is 578 g/mol. The van der Waals surface area contributed by atoms with Crippen LogP contribution in [0.1, 0.15) is 22.9 Å². The first-order chi connectivity index (χ1) is 11.4. The standard InChI is InChI=1S/C15H9F6I2NO/c16-14(17,18)7-1-3-10(22)9(5-7)13(25)24-12-4-2-8(6-11(12)23)15(19,20)21/h1-6,13,24-25H. The lowest BCUT2D eigenvalue weighted by Crippen LogP contribution is -2.15. The molecule has 2 rings (SSSR count). The molecule has 1 unspecified atom stereocenters. The van der Waals surface area contributed by atoms with Crippen molar-refractivity contribution < 1.29 is 31.4 Å². The second-order valence-corrected chi connectivity index (χ2v) is 7.30. The molecule has 0 saturated carbocycles. The summed E-state index contributed by atoms with van der Waals surface area (Å²) in [6.45, 7) is 0. The second-order valence-electron chi connectivity index (χ2n) is 4.97. The van der Waals surface area contributed by atoms with Crippen LogP contribution >= 0.6 is 45.2 Å². The van der Waals surface area contributed by atoms with Gasteiger partial charge in [0.25, 0.3) is 0 Å². The van der Waals surface area contributed by atoms with E-state index < -0.39 is 29.7 Å². The first-order valence-electron chi connectivity index (χ1n) is 6.57. The molecule has 0 aliphatic rings. The average Bonchev–Trinajstić information content (AvgIpc) is 2.47. The van der Waals surface area contributed by atoms with Crippen LogP contribution in [0, 0.1) is 7.14 Å². The fraction of sp³-hybridized carbons (Fsp3) is 0.200.